The molecule has 2 heterocycles. The molecule has 33 heavy (non-hydrogen) atoms. The number of hydrogen-bond donors (Lipinski definition) is 1. The molecule has 5 nitrogen and oxygen atoms in total. The van der Waals surface area contributed by atoms with Gasteiger partial charge >= 0.3 is 0 Å². The fourth-order valence-electron chi connectivity index (χ4n) is 4.69. The van der Waals surface area contributed by atoms with Gasteiger partial charge in [0.05, 0.1) is 4.70 Å². The summed E-state index contributed by atoms with van der Waals surface area (Å²) in [6, 6.07) is 16.5. The zero-order chi connectivity index (χ0) is 22.8. The van der Waals surface area contributed by atoms with E-state index in [1.165, 1.54) is 21.2 Å². The van der Waals surface area contributed by atoms with Crippen LogP contribution in [0.1, 0.15) is 11.1 Å². The molecular weight excluding hydrogens is 428 g/mol. The predicted molar refractivity (Wildman–Crippen MR) is 138 cm³/mol. The summed E-state index contributed by atoms with van der Waals surface area (Å²) >= 11 is 1.58. The van der Waals surface area contributed by atoms with Gasteiger partial charge in [-0.05, 0) is 47.8 Å². The van der Waals surface area contributed by atoms with Gasteiger partial charge in [-0.2, -0.15) is 4.37 Å². The van der Waals surface area contributed by atoms with Gasteiger partial charge in [0.25, 0.3) is 0 Å². The van der Waals surface area contributed by atoms with E-state index in [-0.39, 0.29) is 5.91 Å². The van der Waals surface area contributed by atoms with Crippen LogP contribution >= 0.6 is 11.5 Å². The number of carbonyl (C=O) groups excluding carboxylic acids is 1. The molecule has 2 aromatic carbocycles. The molecule has 1 amide bonds. The smallest absolute Gasteiger partial charge is 0.244 e. The Morgan fingerprint density at radius 2 is 1.88 bits per heavy atom. The number of fused-ring (bicyclic) bond motifs is 1. The minimum atomic E-state index is -0.0409. The number of amides is 1. The van der Waals surface area contributed by atoms with Crippen molar-refractivity contribution >= 4 is 39.4 Å². The number of benzene rings is 2. The van der Waals surface area contributed by atoms with Gasteiger partial charge in [0, 0.05) is 62.6 Å². The summed E-state index contributed by atoms with van der Waals surface area (Å²) in [5.41, 5.74) is 3.51. The van der Waals surface area contributed by atoms with E-state index in [1.54, 1.807) is 17.6 Å². The molecular formula is C27H30N4OS. The Kier molecular flexibility index (Phi) is 6.29. The van der Waals surface area contributed by atoms with E-state index in [4.69, 9.17) is 4.37 Å². The summed E-state index contributed by atoms with van der Waals surface area (Å²) in [5.74, 6) is 1.96. The highest BCUT2D eigenvalue weighted by atomic mass is 32.1. The van der Waals surface area contributed by atoms with Crippen LogP contribution in [0.3, 0.4) is 0 Å². The summed E-state index contributed by atoms with van der Waals surface area (Å²) in [5, 5.41) is 4.32. The van der Waals surface area contributed by atoms with Crippen molar-refractivity contribution < 1.29 is 4.79 Å². The molecule has 170 valence electrons. The third-order valence-electron chi connectivity index (χ3n) is 6.91. The molecule has 5 rings (SSSR count). The van der Waals surface area contributed by atoms with Gasteiger partial charge in [0.1, 0.15) is 5.82 Å². The van der Waals surface area contributed by atoms with Crippen molar-refractivity contribution in [1.29, 1.82) is 0 Å². The summed E-state index contributed by atoms with van der Waals surface area (Å²) in [4.78, 5) is 17.2. The summed E-state index contributed by atoms with van der Waals surface area (Å²) in [7, 11) is 0. The second kappa shape index (κ2) is 9.49. The lowest BCUT2D eigenvalue weighted by atomic mass is 10.1. The molecule has 0 unspecified atom stereocenters. The normalized spacial score (nSPS) is 21.1. The highest BCUT2D eigenvalue weighted by Gasteiger charge is 2.43. The van der Waals surface area contributed by atoms with E-state index in [1.807, 2.05) is 24.3 Å². The first-order valence-electron chi connectivity index (χ1n) is 11.6. The number of carbonyl (C=O) groups is 1. The maximum atomic E-state index is 12.3. The summed E-state index contributed by atoms with van der Waals surface area (Å²) < 4.78 is 5.96. The quantitative estimate of drug-likeness (QED) is 0.422. The zero-order valence-corrected chi connectivity index (χ0v) is 19.9. The number of nitrogens with one attached hydrogen (secondary N) is 1. The van der Waals surface area contributed by atoms with Crippen molar-refractivity contribution in [3.63, 3.8) is 0 Å². The molecule has 3 aromatic rings. The van der Waals surface area contributed by atoms with Crippen molar-refractivity contribution in [2.45, 2.75) is 6.92 Å². The fraction of sp³-hybridized carbons (Fsp3) is 0.333. The lowest BCUT2D eigenvalue weighted by Crippen LogP contribution is -2.47. The Balaban J connectivity index is 1.07. The standard InChI is InChI=1S/C27H30N4OS/c1-19-7-3-4-8-21(19)11-12-26(32)28-17-23-20(2)24(23)18-30-13-15-31(16-14-30)27-22-9-5-6-10-25(22)33-29-27/h3-12,23-24H,2,13-18H2,1H3,(H,28,32)/t23-,24-/m0/s1. The van der Waals surface area contributed by atoms with E-state index < -0.39 is 0 Å². The second-order valence-corrected chi connectivity index (χ2v) is 9.82. The molecule has 0 spiro atoms. The highest BCUT2D eigenvalue weighted by molar-refractivity contribution is 7.13. The zero-order valence-electron chi connectivity index (χ0n) is 19.0. The molecule has 1 aliphatic heterocycles. The summed E-state index contributed by atoms with van der Waals surface area (Å²) in [6.45, 7) is 12.1. The molecule has 0 bridgehead atoms. The maximum Gasteiger partial charge on any atom is 0.244 e. The minimum Gasteiger partial charge on any atom is -0.353 e. The van der Waals surface area contributed by atoms with E-state index >= 15 is 0 Å². The Labute approximate surface area is 199 Å². The summed E-state index contributed by atoms with van der Waals surface area (Å²) in [6.07, 6.45) is 3.51. The van der Waals surface area contributed by atoms with Crippen LogP contribution in [-0.4, -0.2) is 54.4 Å². The molecule has 6 heteroatoms. The lowest BCUT2D eigenvalue weighted by Gasteiger charge is -2.35. The van der Waals surface area contributed by atoms with Gasteiger partial charge in [-0.1, -0.05) is 48.6 Å². The van der Waals surface area contributed by atoms with Crippen molar-refractivity contribution in [1.82, 2.24) is 14.6 Å². The second-order valence-electron chi connectivity index (χ2n) is 9.01. The topological polar surface area (TPSA) is 48.5 Å². The van der Waals surface area contributed by atoms with Gasteiger partial charge < -0.3 is 10.2 Å². The third kappa shape index (κ3) is 4.87. The molecule has 1 saturated heterocycles. The molecule has 1 aliphatic carbocycles. The molecule has 1 saturated carbocycles. The van der Waals surface area contributed by atoms with Crippen LogP contribution in [0.25, 0.3) is 16.2 Å². The van der Waals surface area contributed by atoms with Gasteiger partial charge in [-0.3, -0.25) is 9.69 Å². The Morgan fingerprint density at radius 3 is 2.70 bits per heavy atom. The highest BCUT2D eigenvalue weighted by Crippen LogP contribution is 2.44. The Bertz CT molecular complexity index is 1190. The third-order valence-corrected chi connectivity index (χ3v) is 7.73. The molecule has 1 aromatic heterocycles. The number of anilines is 1. The monoisotopic (exact) mass is 458 g/mol. The maximum absolute atomic E-state index is 12.3. The van der Waals surface area contributed by atoms with Crippen molar-refractivity contribution in [3.8, 4) is 0 Å². The van der Waals surface area contributed by atoms with Crippen LogP contribution in [0.5, 0.6) is 0 Å². The van der Waals surface area contributed by atoms with E-state index in [9.17, 15) is 4.79 Å². The molecule has 2 aliphatic rings. The molecule has 0 radical (unpaired) electrons. The van der Waals surface area contributed by atoms with Crippen LogP contribution < -0.4 is 10.2 Å². The fourth-order valence-corrected chi connectivity index (χ4v) is 5.49. The van der Waals surface area contributed by atoms with E-state index in [0.29, 0.717) is 18.4 Å². The first kappa shape index (κ1) is 21.9. The van der Waals surface area contributed by atoms with Gasteiger partial charge in [0.2, 0.25) is 5.91 Å². The van der Waals surface area contributed by atoms with Crippen molar-refractivity contribution in [3.05, 3.63) is 77.9 Å². The Hall–Kier alpha value is -2.96. The largest absolute Gasteiger partial charge is 0.353 e. The van der Waals surface area contributed by atoms with Crippen LogP contribution in [0, 0.1) is 18.8 Å². The van der Waals surface area contributed by atoms with Crippen LogP contribution in [-0.2, 0) is 4.79 Å². The average Bonchev–Trinajstić information content (AvgIpc) is 3.24. The predicted octanol–water partition coefficient (Wildman–Crippen LogP) is 4.36. The van der Waals surface area contributed by atoms with Crippen LogP contribution in [0.2, 0.25) is 0 Å². The van der Waals surface area contributed by atoms with Crippen LogP contribution in [0.15, 0.2) is 66.8 Å². The number of nitrogens with zero attached hydrogens (tertiary/aromatic N) is 3. The van der Waals surface area contributed by atoms with Gasteiger partial charge in [0.15, 0.2) is 0 Å². The first-order chi connectivity index (χ1) is 16.1. The minimum absolute atomic E-state index is 0.0409. The number of piperazine rings is 1. The van der Waals surface area contributed by atoms with Crippen molar-refractivity contribution in [2.75, 3.05) is 44.2 Å². The lowest BCUT2D eigenvalue weighted by molar-refractivity contribution is -0.116. The van der Waals surface area contributed by atoms with Crippen molar-refractivity contribution in [2.24, 2.45) is 11.8 Å². The molecule has 1 N–H and O–H groups in total. The molecule has 2 fully saturated rings. The van der Waals surface area contributed by atoms with Gasteiger partial charge in [-0.15, -0.1) is 0 Å². The first-order valence-corrected chi connectivity index (χ1v) is 12.4. The van der Waals surface area contributed by atoms with E-state index in [0.717, 1.165) is 44.1 Å². The van der Waals surface area contributed by atoms with Crippen LogP contribution in [0.4, 0.5) is 5.82 Å². The van der Waals surface area contributed by atoms with E-state index in [2.05, 4.69) is 59.0 Å². The number of aromatic nitrogens is 1. The Morgan fingerprint density at radius 1 is 1.12 bits per heavy atom. The molecule has 2 atom stereocenters. The number of rotatable bonds is 7. The number of aryl methyl sites for hydroxylation is 1. The van der Waals surface area contributed by atoms with Gasteiger partial charge in [-0.25, -0.2) is 0 Å². The SMILES string of the molecule is C=C1[C@H](CNC(=O)C=Cc2ccccc2C)[C@H]1CN1CCN(c2nsc3ccccc23)CC1. The average molecular weight is 459 g/mol. The number of hydrogen-bond acceptors (Lipinski definition) is 5.